The van der Waals surface area contributed by atoms with Crippen molar-refractivity contribution >= 4 is 5.69 Å². The molecule has 0 saturated heterocycles. The smallest absolute Gasteiger partial charge is 0.152 e. The van der Waals surface area contributed by atoms with E-state index in [4.69, 9.17) is 10.6 Å². The molecule has 2 unspecified atom stereocenters. The van der Waals surface area contributed by atoms with E-state index in [0.29, 0.717) is 0 Å². The van der Waals surface area contributed by atoms with E-state index in [1.807, 2.05) is 41.4 Å². The van der Waals surface area contributed by atoms with Crippen molar-refractivity contribution in [3.63, 3.8) is 0 Å². The van der Waals surface area contributed by atoms with E-state index in [-0.39, 0.29) is 12.1 Å². The Kier molecular flexibility index (Phi) is 1.61. The standard InChI is InChI=1S/C14H12N2O/c15-16-11-7-3-1-5-9(11)14-13(16)10-6-2-4-8-12(10)17-14/h1-8,13-14H,15H2. The van der Waals surface area contributed by atoms with Crippen molar-refractivity contribution in [2.24, 2.45) is 5.84 Å². The number of anilines is 1. The minimum Gasteiger partial charge on any atom is -0.483 e. The Hall–Kier alpha value is -2.00. The molecule has 2 aromatic carbocycles. The lowest BCUT2D eigenvalue weighted by Gasteiger charge is -2.19. The van der Waals surface area contributed by atoms with Crippen molar-refractivity contribution in [1.82, 2.24) is 0 Å². The third-order valence-electron chi connectivity index (χ3n) is 3.60. The Labute approximate surface area is 99.4 Å². The quantitative estimate of drug-likeness (QED) is 0.699. The van der Waals surface area contributed by atoms with Crippen LogP contribution < -0.4 is 15.6 Å². The Morgan fingerprint density at radius 2 is 1.65 bits per heavy atom. The molecule has 0 fully saturated rings. The van der Waals surface area contributed by atoms with Gasteiger partial charge in [0.15, 0.2) is 6.10 Å². The van der Waals surface area contributed by atoms with Gasteiger partial charge in [-0.05, 0) is 12.1 Å². The van der Waals surface area contributed by atoms with Crippen LogP contribution >= 0.6 is 0 Å². The first-order valence-electron chi connectivity index (χ1n) is 5.75. The molecule has 0 amide bonds. The van der Waals surface area contributed by atoms with Gasteiger partial charge in [0.1, 0.15) is 11.8 Å². The molecule has 17 heavy (non-hydrogen) atoms. The lowest BCUT2D eigenvalue weighted by molar-refractivity contribution is 0.220. The summed E-state index contributed by atoms with van der Waals surface area (Å²) in [7, 11) is 0. The van der Waals surface area contributed by atoms with Gasteiger partial charge in [-0.3, -0.25) is 5.01 Å². The average Bonchev–Trinajstić information content (AvgIpc) is 2.88. The zero-order chi connectivity index (χ0) is 11.4. The Morgan fingerprint density at radius 3 is 2.53 bits per heavy atom. The van der Waals surface area contributed by atoms with Gasteiger partial charge in [0.25, 0.3) is 0 Å². The fourth-order valence-electron chi connectivity index (χ4n) is 2.84. The molecule has 2 atom stereocenters. The Bertz CT molecular complexity index is 596. The first-order valence-corrected chi connectivity index (χ1v) is 5.75. The van der Waals surface area contributed by atoms with Crippen LogP contribution in [-0.4, -0.2) is 0 Å². The van der Waals surface area contributed by atoms with Crippen LogP contribution in [0.4, 0.5) is 5.69 Å². The second-order valence-electron chi connectivity index (χ2n) is 4.49. The predicted octanol–water partition coefficient (Wildman–Crippen LogP) is 2.56. The fraction of sp³-hybridized carbons (Fsp3) is 0.143. The molecule has 84 valence electrons. The predicted molar refractivity (Wildman–Crippen MR) is 65.7 cm³/mol. The molecule has 0 aliphatic carbocycles. The molecule has 0 spiro atoms. The first kappa shape index (κ1) is 9.07. The van der Waals surface area contributed by atoms with E-state index in [9.17, 15) is 0 Å². The Balaban J connectivity index is 1.91. The number of fused-ring (bicyclic) bond motifs is 5. The zero-order valence-electron chi connectivity index (χ0n) is 9.21. The maximum absolute atomic E-state index is 6.20. The summed E-state index contributed by atoms with van der Waals surface area (Å²) in [5.41, 5.74) is 3.42. The lowest BCUT2D eigenvalue weighted by atomic mass is 10.0. The van der Waals surface area contributed by atoms with E-state index in [1.54, 1.807) is 0 Å². The number of rotatable bonds is 0. The topological polar surface area (TPSA) is 38.5 Å². The molecule has 4 rings (SSSR count). The van der Waals surface area contributed by atoms with Crippen molar-refractivity contribution in [1.29, 1.82) is 0 Å². The molecule has 3 heteroatoms. The number of ether oxygens (including phenoxy) is 1. The van der Waals surface area contributed by atoms with Crippen molar-refractivity contribution < 1.29 is 4.74 Å². The number of hydrazine groups is 1. The van der Waals surface area contributed by atoms with Crippen LogP contribution in [0.5, 0.6) is 5.75 Å². The zero-order valence-corrected chi connectivity index (χ0v) is 9.21. The summed E-state index contributed by atoms with van der Waals surface area (Å²) >= 11 is 0. The molecule has 0 saturated carbocycles. The van der Waals surface area contributed by atoms with Gasteiger partial charge < -0.3 is 4.74 Å². The van der Waals surface area contributed by atoms with Gasteiger partial charge in [0, 0.05) is 11.1 Å². The molecular weight excluding hydrogens is 212 g/mol. The molecular formula is C14H12N2O. The largest absolute Gasteiger partial charge is 0.483 e. The summed E-state index contributed by atoms with van der Waals surface area (Å²) in [5.74, 6) is 7.15. The summed E-state index contributed by atoms with van der Waals surface area (Å²) in [6, 6.07) is 16.4. The Morgan fingerprint density at radius 1 is 0.941 bits per heavy atom. The third kappa shape index (κ3) is 1.04. The molecule has 2 heterocycles. The third-order valence-corrected chi connectivity index (χ3v) is 3.60. The molecule has 2 aliphatic rings. The SMILES string of the molecule is NN1c2ccccc2C2Oc3ccccc3C21. The normalized spacial score (nSPS) is 23.9. The minimum absolute atomic E-state index is 0.0357. The van der Waals surface area contributed by atoms with Crippen LogP contribution in [-0.2, 0) is 0 Å². The van der Waals surface area contributed by atoms with Crippen LogP contribution in [0.3, 0.4) is 0 Å². The van der Waals surface area contributed by atoms with Crippen LogP contribution in [0.25, 0.3) is 0 Å². The van der Waals surface area contributed by atoms with E-state index in [0.717, 1.165) is 11.4 Å². The molecule has 2 aromatic rings. The van der Waals surface area contributed by atoms with Crippen LogP contribution in [0.1, 0.15) is 23.3 Å². The molecule has 3 nitrogen and oxygen atoms in total. The van der Waals surface area contributed by atoms with E-state index in [2.05, 4.69) is 12.1 Å². The number of hydrogen-bond acceptors (Lipinski definition) is 3. The van der Waals surface area contributed by atoms with Crippen LogP contribution in [0, 0.1) is 0 Å². The van der Waals surface area contributed by atoms with E-state index >= 15 is 0 Å². The van der Waals surface area contributed by atoms with Crippen molar-refractivity contribution in [2.45, 2.75) is 12.1 Å². The van der Waals surface area contributed by atoms with Gasteiger partial charge in [-0.2, -0.15) is 0 Å². The second-order valence-corrected chi connectivity index (χ2v) is 4.49. The van der Waals surface area contributed by atoms with Crippen LogP contribution in [0.15, 0.2) is 48.5 Å². The molecule has 0 bridgehead atoms. The van der Waals surface area contributed by atoms with Crippen molar-refractivity contribution in [3.8, 4) is 5.75 Å². The molecule has 0 aromatic heterocycles. The lowest BCUT2D eigenvalue weighted by Crippen LogP contribution is -2.32. The van der Waals surface area contributed by atoms with Gasteiger partial charge >= 0.3 is 0 Å². The average molecular weight is 224 g/mol. The molecule has 2 aliphatic heterocycles. The van der Waals surface area contributed by atoms with Crippen LogP contribution in [0.2, 0.25) is 0 Å². The second kappa shape index (κ2) is 3.02. The fourth-order valence-corrected chi connectivity index (χ4v) is 2.84. The number of nitrogens with zero attached hydrogens (tertiary/aromatic N) is 1. The van der Waals surface area contributed by atoms with E-state index in [1.165, 1.54) is 11.1 Å². The minimum atomic E-state index is 0.0357. The number of hydrogen-bond donors (Lipinski definition) is 1. The number of nitrogens with two attached hydrogens (primary N) is 1. The summed E-state index contributed by atoms with van der Waals surface area (Å²) < 4.78 is 6.01. The van der Waals surface area contributed by atoms with Gasteiger partial charge in [0.05, 0.1) is 5.69 Å². The molecule has 2 N–H and O–H groups in total. The summed E-state index contributed by atoms with van der Waals surface area (Å²) in [6.07, 6.45) is 0.0357. The van der Waals surface area contributed by atoms with Gasteiger partial charge in [-0.15, -0.1) is 0 Å². The molecule has 0 radical (unpaired) electrons. The van der Waals surface area contributed by atoms with Crippen molar-refractivity contribution in [2.75, 3.05) is 5.01 Å². The maximum Gasteiger partial charge on any atom is 0.152 e. The first-order chi connectivity index (χ1) is 8.36. The highest BCUT2D eigenvalue weighted by Crippen LogP contribution is 2.54. The number of benzene rings is 2. The van der Waals surface area contributed by atoms with Gasteiger partial charge in [0.2, 0.25) is 0 Å². The summed E-state index contributed by atoms with van der Waals surface area (Å²) in [4.78, 5) is 0. The summed E-state index contributed by atoms with van der Waals surface area (Å²) in [5, 5.41) is 1.83. The maximum atomic E-state index is 6.20. The highest BCUT2D eigenvalue weighted by molar-refractivity contribution is 5.64. The summed E-state index contributed by atoms with van der Waals surface area (Å²) in [6.45, 7) is 0. The van der Waals surface area contributed by atoms with Gasteiger partial charge in [-0.1, -0.05) is 36.4 Å². The van der Waals surface area contributed by atoms with Gasteiger partial charge in [-0.25, -0.2) is 5.84 Å². The highest BCUT2D eigenvalue weighted by atomic mass is 16.5. The monoisotopic (exact) mass is 224 g/mol. The highest BCUT2D eigenvalue weighted by Gasteiger charge is 2.45. The van der Waals surface area contributed by atoms with Crippen molar-refractivity contribution in [3.05, 3.63) is 59.7 Å². The number of para-hydroxylation sites is 2. The van der Waals surface area contributed by atoms with E-state index < -0.39 is 0 Å².